The number of pyridine rings is 2. The zero-order chi connectivity index (χ0) is 23.2. The minimum absolute atomic E-state index is 0.325. The van der Waals surface area contributed by atoms with Crippen LogP contribution in [0.1, 0.15) is 25.2 Å². The van der Waals surface area contributed by atoms with Gasteiger partial charge in [-0.15, -0.1) is 6.42 Å². The Morgan fingerprint density at radius 2 is 1.88 bits per heavy atom. The number of fused-ring (bicyclic) bond motifs is 3. The van der Waals surface area contributed by atoms with Crippen molar-refractivity contribution in [2.75, 3.05) is 0 Å². The van der Waals surface area contributed by atoms with E-state index in [1.165, 1.54) is 6.07 Å². The summed E-state index contributed by atoms with van der Waals surface area (Å²) in [5.41, 5.74) is 3.95. The summed E-state index contributed by atoms with van der Waals surface area (Å²) in [6, 6.07) is 16.7. The first-order chi connectivity index (χ1) is 15.9. The second kappa shape index (κ2) is 7.55. The van der Waals surface area contributed by atoms with E-state index >= 15 is 4.39 Å². The number of hydrogen-bond acceptors (Lipinski definition) is 4. The van der Waals surface area contributed by atoms with Gasteiger partial charge in [0.15, 0.2) is 5.82 Å². The summed E-state index contributed by atoms with van der Waals surface area (Å²) >= 11 is 0. The van der Waals surface area contributed by atoms with E-state index in [0.717, 1.165) is 27.5 Å². The Labute approximate surface area is 190 Å². The molecule has 5 nitrogen and oxygen atoms in total. The standard InChI is InChI=1S/C27H18FN5/c1-4-25-32-24-15-31-23-10-7-17(18-6-5-11-30-14-18)12-20(23)26(24)33(25)19-8-9-21(22(28)13-19)27(2,3)16-29/h1,5-15H,2-3H3. The van der Waals surface area contributed by atoms with Crippen LogP contribution in [0.3, 0.4) is 0 Å². The molecule has 5 rings (SSSR count). The van der Waals surface area contributed by atoms with Crippen molar-refractivity contribution in [3.8, 4) is 35.2 Å². The molecule has 33 heavy (non-hydrogen) atoms. The average molecular weight is 431 g/mol. The molecule has 0 unspecified atom stereocenters. The smallest absolute Gasteiger partial charge is 0.190 e. The van der Waals surface area contributed by atoms with Crippen LogP contribution in [-0.4, -0.2) is 19.5 Å². The van der Waals surface area contributed by atoms with Crippen LogP contribution in [0.2, 0.25) is 0 Å². The van der Waals surface area contributed by atoms with Gasteiger partial charge in [0.1, 0.15) is 11.3 Å². The van der Waals surface area contributed by atoms with E-state index < -0.39 is 11.2 Å². The fourth-order valence-electron chi connectivity index (χ4n) is 4.03. The molecule has 5 aromatic rings. The lowest BCUT2D eigenvalue weighted by Gasteiger charge is -2.18. The lowest BCUT2D eigenvalue weighted by Crippen LogP contribution is -2.16. The molecule has 0 aliphatic carbocycles. The van der Waals surface area contributed by atoms with Gasteiger partial charge in [-0.25, -0.2) is 9.37 Å². The molecule has 3 heterocycles. The van der Waals surface area contributed by atoms with Crippen LogP contribution >= 0.6 is 0 Å². The van der Waals surface area contributed by atoms with Gasteiger partial charge in [0.25, 0.3) is 0 Å². The highest BCUT2D eigenvalue weighted by molar-refractivity contribution is 6.04. The molecule has 0 saturated heterocycles. The Bertz CT molecular complexity index is 1620. The molecule has 2 aromatic carbocycles. The number of imidazole rings is 1. The summed E-state index contributed by atoms with van der Waals surface area (Å²) in [5, 5.41) is 10.3. The van der Waals surface area contributed by atoms with Crippen LogP contribution in [0.4, 0.5) is 4.39 Å². The summed E-state index contributed by atoms with van der Waals surface area (Å²) in [6.07, 6.45) is 11.0. The van der Waals surface area contributed by atoms with Crippen LogP contribution in [0.15, 0.2) is 67.1 Å². The van der Waals surface area contributed by atoms with Crippen LogP contribution < -0.4 is 0 Å². The number of terminal acetylenes is 1. The van der Waals surface area contributed by atoms with Gasteiger partial charge in [-0.1, -0.05) is 18.2 Å². The molecular formula is C27H18FN5. The largest absolute Gasteiger partial charge is 0.285 e. The average Bonchev–Trinajstić information content (AvgIpc) is 3.23. The normalized spacial score (nSPS) is 11.4. The van der Waals surface area contributed by atoms with Gasteiger partial charge in [0.05, 0.1) is 34.4 Å². The van der Waals surface area contributed by atoms with E-state index in [1.807, 2.05) is 30.3 Å². The second-order valence-corrected chi connectivity index (χ2v) is 8.28. The van der Waals surface area contributed by atoms with E-state index in [2.05, 4.69) is 26.9 Å². The van der Waals surface area contributed by atoms with E-state index in [9.17, 15) is 5.26 Å². The molecular weight excluding hydrogens is 413 g/mol. The second-order valence-electron chi connectivity index (χ2n) is 8.28. The highest BCUT2D eigenvalue weighted by Crippen LogP contribution is 2.33. The first kappa shape index (κ1) is 20.4. The van der Waals surface area contributed by atoms with Crippen molar-refractivity contribution >= 4 is 21.9 Å². The molecule has 0 N–H and O–H groups in total. The third kappa shape index (κ3) is 3.30. The van der Waals surface area contributed by atoms with E-state index in [1.54, 1.807) is 49.1 Å². The van der Waals surface area contributed by atoms with E-state index in [4.69, 9.17) is 6.42 Å². The Balaban J connectivity index is 1.80. The zero-order valence-corrected chi connectivity index (χ0v) is 18.0. The summed E-state index contributed by atoms with van der Waals surface area (Å²) in [7, 11) is 0. The quantitative estimate of drug-likeness (QED) is 0.351. The zero-order valence-electron chi connectivity index (χ0n) is 18.0. The summed E-state index contributed by atoms with van der Waals surface area (Å²) < 4.78 is 16.9. The third-order valence-electron chi connectivity index (χ3n) is 5.77. The minimum atomic E-state index is -0.955. The van der Waals surface area contributed by atoms with Gasteiger partial charge in [-0.2, -0.15) is 5.26 Å². The molecule has 0 bridgehead atoms. The van der Waals surface area contributed by atoms with Crippen molar-refractivity contribution in [3.63, 3.8) is 0 Å². The van der Waals surface area contributed by atoms with Gasteiger partial charge in [0, 0.05) is 28.9 Å². The number of rotatable bonds is 3. The first-order valence-electron chi connectivity index (χ1n) is 10.3. The Hall–Kier alpha value is -4.55. The van der Waals surface area contributed by atoms with Gasteiger partial charge < -0.3 is 0 Å². The molecule has 158 valence electrons. The molecule has 0 radical (unpaired) electrons. The van der Waals surface area contributed by atoms with Crippen LogP contribution in [0.5, 0.6) is 0 Å². The van der Waals surface area contributed by atoms with Crippen molar-refractivity contribution in [1.29, 1.82) is 5.26 Å². The highest BCUT2D eigenvalue weighted by Gasteiger charge is 2.25. The molecule has 0 saturated carbocycles. The molecule has 0 amide bonds. The van der Waals surface area contributed by atoms with Crippen molar-refractivity contribution < 1.29 is 4.39 Å². The van der Waals surface area contributed by atoms with Gasteiger partial charge in [-0.05, 0) is 55.7 Å². The predicted octanol–water partition coefficient (Wildman–Crippen LogP) is 5.56. The number of halogens is 1. The maximum absolute atomic E-state index is 15.1. The van der Waals surface area contributed by atoms with Crippen LogP contribution in [0, 0.1) is 29.5 Å². The van der Waals surface area contributed by atoms with Crippen molar-refractivity contribution in [2.24, 2.45) is 0 Å². The predicted molar refractivity (Wildman–Crippen MR) is 126 cm³/mol. The Morgan fingerprint density at radius 1 is 1.03 bits per heavy atom. The van der Waals surface area contributed by atoms with Crippen LogP contribution in [-0.2, 0) is 5.41 Å². The molecule has 0 aliphatic heterocycles. The van der Waals surface area contributed by atoms with Gasteiger partial charge >= 0.3 is 0 Å². The van der Waals surface area contributed by atoms with Gasteiger partial charge in [-0.3, -0.25) is 14.5 Å². The third-order valence-corrected chi connectivity index (χ3v) is 5.77. The maximum atomic E-state index is 15.1. The monoisotopic (exact) mass is 431 g/mol. The molecule has 0 fully saturated rings. The van der Waals surface area contributed by atoms with Crippen molar-refractivity contribution in [1.82, 2.24) is 19.5 Å². The maximum Gasteiger partial charge on any atom is 0.190 e. The number of benzene rings is 2. The van der Waals surface area contributed by atoms with E-state index in [0.29, 0.717) is 22.6 Å². The lowest BCUT2D eigenvalue weighted by molar-refractivity contribution is 0.564. The summed E-state index contributed by atoms with van der Waals surface area (Å²) in [4.78, 5) is 13.3. The van der Waals surface area contributed by atoms with Crippen molar-refractivity contribution in [2.45, 2.75) is 19.3 Å². The number of nitrogens with zero attached hydrogens (tertiary/aromatic N) is 5. The first-order valence-corrected chi connectivity index (χ1v) is 10.3. The molecule has 6 heteroatoms. The fraction of sp³-hybridized carbons (Fsp3) is 0.111. The minimum Gasteiger partial charge on any atom is -0.285 e. The number of aromatic nitrogens is 4. The fourth-order valence-corrected chi connectivity index (χ4v) is 4.03. The molecule has 0 atom stereocenters. The number of nitriles is 1. The van der Waals surface area contributed by atoms with Crippen LogP contribution in [0.25, 0.3) is 38.8 Å². The molecule has 3 aromatic heterocycles. The summed E-state index contributed by atoms with van der Waals surface area (Å²) in [6.45, 7) is 3.37. The number of hydrogen-bond donors (Lipinski definition) is 0. The summed E-state index contributed by atoms with van der Waals surface area (Å²) in [5.74, 6) is 2.48. The topological polar surface area (TPSA) is 67.4 Å². The highest BCUT2D eigenvalue weighted by atomic mass is 19.1. The van der Waals surface area contributed by atoms with Gasteiger partial charge in [0.2, 0.25) is 0 Å². The Morgan fingerprint density at radius 3 is 2.58 bits per heavy atom. The molecule has 0 aliphatic rings. The Kier molecular flexibility index (Phi) is 4.65. The molecule has 0 spiro atoms. The van der Waals surface area contributed by atoms with E-state index in [-0.39, 0.29) is 0 Å². The lowest BCUT2D eigenvalue weighted by atomic mass is 9.86. The SMILES string of the molecule is C#Cc1nc2cnc3ccc(-c4cccnc4)cc3c2n1-c1ccc(C(C)(C)C#N)c(F)c1. The van der Waals surface area contributed by atoms with Crippen molar-refractivity contribution in [3.05, 3.63) is 84.3 Å².